The number of halogens is 1. The van der Waals surface area contributed by atoms with Gasteiger partial charge in [-0.05, 0) is 48.2 Å². The van der Waals surface area contributed by atoms with Crippen molar-refractivity contribution in [1.82, 2.24) is 4.72 Å². The Kier molecular flexibility index (Phi) is 5.09. The zero-order chi connectivity index (χ0) is 15.3. The number of nitrogens with one attached hydrogen (secondary N) is 1. The van der Waals surface area contributed by atoms with Crippen molar-refractivity contribution in [1.29, 1.82) is 0 Å². The average Bonchev–Trinajstić information content (AvgIpc) is 2.49. The van der Waals surface area contributed by atoms with Crippen LogP contribution in [0.2, 0.25) is 0 Å². The van der Waals surface area contributed by atoms with E-state index in [1.807, 2.05) is 19.1 Å². The summed E-state index contributed by atoms with van der Waals surface area (Å²) in [6.45, 7) is 2.30. The Morgan fingerprint density at radius 1 is 0.952 bits per heavy atom. The van der Waals surface area contributed by atoms with Crippen LogP contribution in [0.3, 0.4) is 0 Å². The van der Waals surface area contributed by atoms with E-state index in [0.717, 1.165) is 17.5 Å². The Balaban J connectivity index is 1.95. The molecule has 0 aromatic heterocycles. The highest BCUT2D eigenvalue weighted by Gasteiger charge is 2.12. The third-order valence-electron chi connectivity index (χ3n) is 3.26. The molecule has 2 aromatic rings. The second-order valence-corrected chi connectivity index (χ2v) is 6.54. The van der Waals surface area contributed by atoms with Crippen molar-refractivity contribution in [2.45, 2.75) is 24.7 Å². The maximum Gasteiger partial charge on any atom is 0.240 e. The van der Waals surface area contributed by atoms with Crippen molar-refractivity contribution in [3.05, 3.63) is 65.5 Å². The Hall–Kier alpha value is -1.72. The van der Waals surface area contributed by atoms with E-state index >= 15 is 0 Å². The predicted molar refractivity (Wildman–Crippen MR) is 81.1 cm³/mol. The average molecular weight is 307 g/mol. The second-order valence-electron chi connectivity index (χ2n) is 4.77. The molecule has 0 saturated heterocycles. The first-order valence-corrected chi connectivity index (χ1v) is 8.32. The quantitative estimate of drug-likeness (QED) is 0.892. The van der Waals surface area contributed by atoms with Gasteiger partial charge in [-0.25, -0.2) is 17.5 Å². The van der Waals surface area contributed by atoms with Crippen LogP contribution < -0.4 is 4.72 Å². The van der Waals surface area contributed by atoms with Gasteiger partial charge in [-0.1, -0.05) is 31.2 Å². The number of sulfonamides is 1. The molecule has 0 spiro atoms. The summed E-state index contributed by atoms with van der Waals surface area (Å²) >= 11 is 0. The summed E-state index contributed by atoms with van der Waals surface area (Å²) in [6.07, 6.45) is 1.39. The first kappa shape index (κ1) is 15.7. The van der Waals surface area contributed by atoms with Crippen LogP contribution in [0.4, 0.5) is 4.39 Å². The molecule has 0 radical (unpaired) electrons. The summed E-state index contributed by atoms with van der Waals surface area (Å²) in [6, 6.07) is 12.9. The normalized spacial score (nSPS) is 11.5. The third kappa shape index (κ3) is 4.37. The number of hydrogen-bond acceptors (Lipinski definition) is 2. The maximum atomic E-state index is 12.8. The Labute approximate surface area is 124 Å². The molecule has 21 heavy (non-hydrogen) atoms. The lowest BCUT2D eigenvalue weighted by molar-refractivity contribution is 0.581. The number of benzene rings is 2. The molecule has 1 N–H and O–H groups in total. The lowest BCUT2D eigenvalue weighted by Crippen LogP contribution is -2.26. The van der Waals surface area contributed by atoms with Gasteiger partial charge in [-0.2, -0.15) is 0 Å². The molecule has 0 saturated carbocycles. The molecule has 2 aromatic carbocycles. The Bertz CT molecular complexity index is 679. The highest BCUT2D eigenvalue weighted by atomic mass is 32.2. The molecule has 2 rings (SSSR count). The van der Waals surface area contributed by atoms with Crippen molar-refractivity contribution in [3.63, 3.8) is 0 Å². The first-order chi connectivity index (χ1) is 10.0. The number of rotatable bonds is 6. The smallest absolute Gasteiger partial charge is 0.211 e. The van der Waals surface area contributed by atoms with Crippen molar-refractivity contribution in [2.24, 2.45) is 0 Å². The summed E-state index contributed by atoms with van der Waals surface area (Å²) in [4.78, 5) is 0.263. The minimum Gasteiger partial charge on any atom is -0.211 e. The maximum absolute atomic E-state index is 12.8. The fourth-order valence-corrected chi connectivity index (χ4v) is 3.00. The predicted octanol–water partition coefficient (Wildman–Crippen LogP) is 2.91. The summed E-state index contributed by atoms with van der Waals surface area (Å²) in [7, 11) is -3.49. The van der Waals surface area contributed by atoms with Crippen molar-refractivity contribution >= 4 is 10.0 Å². The van der Waals surface area contributed by atoms with Gasteiger partial charge in [0.25, 0.3) is 0 Å². The topological polar surface area (TPSA) is 46.2 Å². The molecule has 0 heterocycles. The summed E-state index contributed by atoms with van der Waals surface area (Å²) in [5.41, 5.74) is 1.99. The van der Waals surface area contributed by atoms with E-state index in [0.29, 0.717) is 6.42 Å². The minimum atomic E-state index is -3.49. The van der Waals surface area contributed by atoms with Gasteiger partial charge in [0.2, 0.25) is 10.0 Å². The fourth-order valence-electron chi connectivity index (χ4n) is 1.97. The lowest BCUT2D eigenvalue weighted by Gasteiger charge is -2.07. The lowest BCUT2D eigenvalue weighted by atomic mass is 10.1. The first-order valence-electron chi connectivity index (χ1n) is 6.84. The molecule has 0 aliphatic rings. The highest BCUT2D eigenvalue weighted by molar-refractivity contribution is 7.89. The SMILES string of the molecule is CCc1ccc(S(=O)(=O)NCCc2ccc(F)cc2)cc1. The summed E-state index contributed by atoms with van der Waals surface area (Å²) in [5, 5.41) is 0. The number of aryl methyl sites for hydroxylation is 1. The molecule has 0 amide bonds. The van der Waals surface area contributed by atoms with Crippen molar-refractivity contribution in [2.75, 3.05) is 6.54 Å². The van der Waals surface area contributed by atoms with E-state index in [1.54, 1.807) is 24.3 Å². The minimum absolute atomic E-state index is 0.263. The largest absolute Gasteiger partial charge is 0.240 e. The van der Waals surface area contributed by atoms with Gasteiger partial charge in [0.05, 0.1) is 4.90 Å². The van der Waals surface area contributed by atoms with E-state index < -0.39 is 10.0 Å². The van der Waals surface area contributed by atoms with Crippen LogP contribution in [0.15, 0.2) is 53.4 Å². The van der Waals surface area contributed by atoms with Gasteiger partial charge < -0.3 is 0 Å². The van der Waals surface area contributed by atoms with Crippen LogP contribution in [0.5, 0.6) is 0 Å². The molecular formula is C16H18FNO2S. The van der Waals surface area contributed by atoms with Gasteiger partial charge >= 0.3 is 0 Å². The molecule has 0 aliphatic heterocycles. The molecular weight excluding hydrogens is 289 g/mol. The van der Waals surface area contributed by atoms with Crippen molar-refractivity contribution in [3.8, 4) is 0 Å². The van der Waals surface area contributed by atoms with Crippen LogP contribution in [-0.2, 0) is 22.9 Å². The fraction of sp³-hybridized carbons (Fsp3) is 0.250. The van der Waals surface area contributed by atoms with E-state index in [2.05, 4.69) is 4.72 Å². The van der Waals surface area contributed by atoms with Gasteiger partial charge in [0, 0.05) is 6.54 Å². The summed E-state index contributed by atoms with van der Waals surface area (Å²) < 4.78 is 39.5. The Morgan fingerprint density at radius 3 is 2.10 bits per heavy atom. The molecule has 0 fully saturated rings. The third-order valence-corrected chi connectivity index (χ3v) is 4.74. The highest BCUT2D eigenvalue weighted by Crippen LogP contribution is 2.11. The van der Waals surface area contributed by atoms with E-state index in [4.69, 9.17) is 0 Å². The molecule has 3 nitrogen and oxygen atoms in total. The van der Waals surface area contributed by atoms with Crippen molar-refractivity contribution < 1.29 is 12.8 Å². The van der Waals surface area contributed by atoms with Gasteiger partial charge in [-0.15, -0.1) is 0 Å². The van der Waals surface area contributed by atoms with Gasteiger partial charge in [0.1, 0.15) is 5.82 Å². The van der Waals surface area contributed by atoms with Crippen LogP contribution >= 0.6 is 0 Å². The van der Waals surface area contributed by atoms with Crippen LogP contribution in [-0.4, -0.2) is 15.0 Å². The molecule has 5 heteroatoms. The van der Waals surface area contributed by atoms with E-state index in [9.17, 15) is 12.8 Å². The van der Waals surface area contributed by atoms with Crippen LogP contribution in [0, 0.1) is 5.82 Å². The van der Waals surface area contributed by atoms with E-state index in [1.165, 1.54) is 12.1 Å². The monoisotopic (exact) mass is 307 g/mol. The Morgan fingerprint density at radius 2 is 1.52 bits per heavy atom. The van der Waals surface area contributed by atoms with E-state index in [-0.39, 0.29) is 17.3 Å². The second kappa shape index (κ2) is 6.83. The van der Waals surface area contributed by atoms with Crippen LogP contribution in [0.25, 0.3) is 0 Å². The molecule has 0 atom stereocenters. The standard InChI is InChI=1S/C16H18FNO2S/c1-2-13-5-9-16(10-6-13)21(19,20)18-12-11-14-3-7-15(17)8-4-14/h3-10,18H,2,11-12H2,1H3. The molecule has 0 bridgehead atoms. The molecule has 0 unspecified atom stereocenters. The van der Waals surface area contributed by atoms with Gasteiger partial charge in [0.15, 0.2) is 0 Å². The number of hydrogen-bond donors (Lipinski definition) is 1. The molecule has 0 aliphatic carbocycles. The molecule has 112 valence electrons. The van der Waals surface area contributed by atoms with Crippen LogP contribution in [0.1, 0.15) is 18.1 Å². The van der Waals surface area contributed by atoms with Gasteiger partial charge in [-0.3, -0.25) is 0 Å². The summed E-state index contributed by atoms with van der Waals surface area (Å²) in [5.74, 6) is -0.296. The zero-order valence-corrected chi connectivity index (χ0v) is 12.7. The zero-order valence-electron chi connectivity index (χ0n) is 11.8.